The summed E-state index contributed by atoms with van der Waals surface area (Å²) >= 11 is 0. The monoisotopic (exact) mass is 170 g/mol. The Kier molecular flexibility index (Phi) is 1.53. The molecule has 0 N–H and O–H groups in total. The summed E-state index contributed by atoms with van der Waals surface area (Å²) in [6, 6.07) is 4.92. The lowest BCUT2D eigenvalue weighted by molar-refractivity contribution is 0.616. The molecule has 0 radical (unpaired) electrons. The lowest BCUT2D eigenvalue weighted by Crippen LogP contribution is -1.86. The Labute approximate surface area is 66.7 Å². The summed E-state index contributed by atoms with van der Waals surface area (Å²) in [6.07, 6.45) is 0. The van der Waals surface area contributed by atoms with E-state index in [0.29, 0.717) is 17.1 Å². The number of benzene rings is 1. The molecule has 11 heavy (non-hydrogen) atoms. The van der Waals surface area contributed by atoms with Gasteiger partial charge in [-0.05, 0) is 11.6 Å². The normalized spacial score (nSPS) is 21.7. The minimum Gasteiger partial charge on any atom is -0.259 e. The van der Waals surface area contributed by atoms with Gasteiger partial charge in [0.1, 0.15) is 5.82 Å². The second kappa shape index (κ2) is 2.41. The van der Waals surface area contributed by atoms with E-state index in [4.69, 9.17) is 0 Å². The molecule has 0 amide bonds. The largest absolute Gasteiger partial charge is 0.259 e. The third-order valence-corrected chi connectivity index (χ3v) is 3.08. The lowest BCUT2D eigenvalue weighted by atomic mass is 10.1. The van der Waals surface area contributed by atoms with Gasteiger partial charge in [0.2, 0.25) is 0 Å². The van der Waals surface area contributed by atoms with Gasteiger partial charge in [-0.15, -0.1) is 0 Å². The fourth-order valence-electron chi connectivity index (χ4n) is 1.29. The predicted octanol–water partition coefficient (Wildman–Crippen LogP) is 1.59. The molecule has 1 aliphatic heterocycles. The first-order valence-corrected chi connectivity index (χ1v) is 4.87. The number of halogens is 1. The predicted molar refractivity (Wildman–Crippen MR) is 42.0 cm³/mol. The van der Waals surface area contributed by atoms with E-state index in [1.807, 2.05) is 6.07 Å². The van der Waals surface area contributed by atoms with E-state index >= 15 is 0 Å². The summed E-state index contributed by atoms with van der Waals surface area (Å²) in [5.74, 6) is 0.697. The lowest BCUT2D eigenvalue weighted by Gasteiger charge is -1.95. The second-order valence-corrected chi connectivity index (χ2v) is 4.06. The van der Waals surface area contributed by atoms with Crippen molar-refractivity contribution in [2.75, 3.05) is 0 Å². The van der Waals surface area contributed by atoms with E-state index in [0.717, 1.165) is 5.56 Å². The number of fused-ring (bicyclic) bond motifs is 1. The van der Waals surface area contributed by atoms with Crippen LogP contribution in [0.15, 0.2) is 18.2 Å². The summed E-state index contributed by atoms with van der Waals surface area (Å²) in [4.78, 5) is 0. The Morgan fingerprint density at radius 3 is 2.91 bits per heavy atom. The molecule has 58 valence electrons. The van der Waals surface area contributed by atoms with E-state index in [-0.39, 0.29) is 5.82 Å². The zero-order chi connectivity index (χ0) is 7.84. The average molecular weight is 170 g/mol. The molecule has 1 aromatic carbocycles. The summed E-state index contributed by atoms with van der Waals surface area (Å²) in [5.41, 5.74) is 1.55. The number of rotatable bonds is 0. The molecule has 0 fully saturated rings. The van der Waals surface area contributed by atoms with Crippen LogP contribution < -0.4 is 0 Å². The van der Waals surface area contributed by atoms with Crippen LogP contribution in [0.2, 0.25) is 0 Å². The van der Waals surface area contributed by atoms with Crippen molar-refractivity contribution < 1.29 is 8.60 Å². The molecule has 1 atom stereocenters. The van der Waals surface area contributed by atoms with E-state index in [9.17, 15) is 8.60 Å². The third kappa shape index (κ3) is 1.09. The van der Waals surface area contributed by atoms with Gasteiger partial charge in [0, 0.05) is 22.1 Å². The van der Waals surface area contributed by atoms with Crippen LogP contribution in [0.3, 0.4) is 0 Å². The van der Waals surface area contributed by atoms with Crippen molar-refractivity contribution in [1.82, 2.24) is 0 Å². The Balaban J connectivity index is 2.57. The van der Waals surface area contributed by atoms with Crippen molar-refractivity contribution in [1.29, 1.82) is 0 Å². The summed E-state index contributed by atoms with van der Waals surface area (Å²) < 4.78 is 23.9. The molecular formula is C8H7FOS. The number of hydrogen-bond donors (Lipinski definition) is 0. The Morgan fingerprint density at radius 1 is 1.36 bits per heavy atom. The van der Waals surface area contributed by atoms with E-state index in [1.165, 1.54) is 6.07 Å². The zero-order valence-corrected chi connectivity index (χ0v) is 6.66. The summed E-state index contributed by atoms with van der Waals surface area (Å²) in [7, 11) is -0.870. The highest BCUT2D eigenvalue weighted by Gasteiger charge is 2.19. The van der Waals surface area contributed by atoms with Gasteiger partial charge in [-0.25, -0.2) is 4.39 Å². The molecule has 3 heteroatoms. The molecule has 2 rings (SSSR count). The topological polar surface area (TPSA) is 17.1 Å². The highest BCUT2D eigenvalue weighted by atomic mass is 32.2. The van der Waals surface area contributed by atoms with Gasteiger partial charge < -0.3 is 0 Å². The molecule has 0 saturated carbocycles. The summed E-state index contributed by atoms with van der Waals surface area (Å²) in [6.45, 7) is 0. The van der Waals surface area contributed by atoms with E-state index in [2.05, 4.69) is 0 Å². The number of hydrogen-bond acceptors (Lipinski definition) is 1. The van der Waals surface area contributed by atoms with Gasteiger partial charge in [-0.1, -0.05) is 12.1 Å². The highest BCUT2D eigenvalue weighted by molar-refractivity contribution is 7.83. The summed E-state index contributed by atoms with van der Waals surface area (Å²) in [5, 5.41) is 0. The van der Waals surface area contributed by atoms with E-state index in [1.54, 1.807) is 6.07 Å². The molecule has 0 bridgehead atoms. The van der Waals surface area contributed by atoms with Gasteiger partial charge in [0.15, 0.2) is 0 Å². The van der Waals surface area contributed by atoms with E-state index < -0.39 is 10.8 Å². The smallest absolute Gasteiger partial charge is 0.127 e. The maximum Gasteiger partial charge on any atom is 0.127 e. The van der Waals surface area contributed by atoms with Crippen molar-refractivity contribution in [2.45, 2.75) is 11.5 Å². The van der Waals surface area contributed by atoms with Crippen LogP contribution in [0, 0.1) is 5.82 Å². The van der Waals surface area contributed by atoms with Crippen molar-refractivity contribution in [3.8, 4) is 0 Å². The minimum absolute atomic E-state index is 0.214. The molecule has 1 unspecified atom stereocenters. The quantitative estimate of drug-likeness (QED) is 0.578. The first-order chi connectivity index (χ1) is 5.27. The molecular weight excluding hydrogens is 163 g/mol. The van der Waals surface area contributed by atoms with Gasteiger partial charge in [0.25, 0.3) is 0 Å². The van der Waals surface area contributed by atoms with Crippen LogP contribution in [-0.2, 0) is 22.3 Å². The maximum absolute atomic E-state index is 12.9. The Morgan fingerprint density at radius 2 is 2.18 bits per heavy atom. The van der Waals surface area contributed by atoms with Crippen molar-refractivity contribution in [3.63, 3.8) is 0 Å². The van der Waals surface area contributed by atoms with Crippen LogP contribution in [-0.4, -0.2) is 4.21 Å². The maximum atomic E-state index is 12.9. The first-order valence-electron chi connectivity index (χ1n) is 3.38. The molecule has 1 aliphatic rings. The van der Waals surface area contributed by atoms with Crippen molar-refractivity contribution in [2.24, 2.45) is 0 Å². The van der Waals surface area contributed by atoms with Crippen LogP contribution in [0.4, 0.5) is 4.39 Å². The fourth-order valence-corrected chi connectivity index (χ4v) is 2.65. The van der Waals surface area contributed by atoms with Crippen molar-refractivity contribution >= 4 is 10.8 Å². The molecule has 1 heterocycles. The van der Waals surface area contributed by atoms with Crippen LogP contribution >= 0.6 is 0 Å². The molecule has 0 saturated heterocycles. The van der Waals surface area contributed by atoms with Gasteiger partial charge >= 0.3 is 0 Å². The average Bonchev–Trinajstić information content (AvgIpc) is 2.31. The van der Waals surface area contributed by atoms with Crippen LogP contribution in [0.5, 0.6) is 0 Å². The standard InChI is InChI=1S/C8H7FOS/c9-8-3-1-2-6-4-11(10)5-7(6)8/h1-3H,4-5H2. The van der Waals surface area contributed by atoms with Crippen molar-refractivity contribution in [3.05, 3.63) is 35.1 Å². The third-order valence-electron chi connectivity index (χ3n) is 1.84. The highest BCUT2D eigenvalue weighted by Crippen LogP contribution is 2.24. The Bertz CT molecular complexity index is 322. The fraction of sp³-hybridized carbons (Fsp3) is 0.250. The molecule has 0 spiro atoms. The molecule has 0 aliphatic carbocycles. The molecule has 1 aromatic rings. The Hall–Kier alpha value is -0.700. The minimum atomic E-state index is -0.870. The van der Waals surface area contributed by atoms with Gasteiger partial charge in [-0.2, -0.15) is 0 Å². The first kappa shape index (κ1) is 6.98. The SMILES string of the molecule is O=S1Cc2cccc(F)c2C1. The zero-order valence-electron chi connectivity index (χ0n) is 5.84. The van der Waals surface area contributed by atoms with Gasteiger partial charge in [-0.3, -0.25) is 4.21 Å². The molecule has 1 nitrogen and oxygen atoms in total. The van der Waals surface area contributed by atoms with Crippen LogP contribution in [0.25, 0.3) is 0 Å². The van der Waals surface area contributed by atoms with Gasteiger partial charge in [0.05, 0.1) is 5.75 Å². The van der Waals surface area contributed by atoms with Crippen LogP contribution in [0.1, 0.15) is 11.1 Å². The second-order valence-electron chi connectivity index (χ2n) is 2.61. The molecule has 0 aromatic heterocycles.